The van der Waals surface area contributed by atoms with Gasteiger partial charge < -0.3 is 66.3 Å². The molecule has 0 radical (unpaired) electrons. The number of rotatable bonds is 14. The van der Waals surface area contributed by atoms with E-state index in [1.54, 1.807) is 6.92 Å². The zero-order valence-corrected chi connectivity index (χ0v) is 64.1. The van der Waals surface area contributed by atoms with Gasteiger partial charge in [-0.3, -0.25) is 14.3 Å². The molecule has 21 rings (SSSR count). The number of hydrogen-bond acceptors (Lipinski definition) is 17. The number of halogens is 9. The minimum Gasteiger partial charge on any atom is -0.459 e. The van der Waals surface area contributed by atoms with E-state index in [2.05, 4.69) is 92.6 Å². The van der Waals surface area contributed by atoms with Crippen LogP contribution in [-0.2, 0) is 80.6 Å². The molecule has 21 aliphatic rings. The van der Waals surface area contributed by atoms with Gasteiger partial charge in [-0.2, -0.15) is 39.5 Å². The highest BCUT2D eigenvalue weighted by atomic mass is 19.4. The van der Waals surface area contributed by atoms with Crippen molar-refractivity contribution in [3.05, 3.63) is 0 Å². The van der Waals surface area contributed by atoms with Gasteiger partial charge in [-0.15, -0.1) is 0 Å². The predicted octanol–water partition coefficient (Wildman–Crippen LogP) is 14.9. The van der Waals surface area contributed by atoms with Gasteiger partial charge in [0.15, 0.2) is 0 Å². The van der Waals surface area contributed by atoms with E-state index in [-0.39, 0.29) is 118 Å². The van der Waals surface area contributed by atoms with Crippen molar-refractivity contribution >= 4 is 11.9 Å². The molecule has 0 N–H and O–H groups in total. The Hall–Kier alpha value is -2.21. The van der Waals surface area contributed by atoms with Crippen LogP contribution in [0.1, 0.15) is 238 Å². The zero-order chi connectivity index (χ0) is 75.6. The van der Waals surface area contributed by atoms with E-state index in [9.17, 15) is 49.1 Å². The molecule has 21 fully saturated rings. The van der Waals surface area contributed by atoms with Crippen molar-refractivity contribution in [1.82, 2.24) is 0 Å². The Labute approximate surface area is 617 Å². The normalized spacial score (nSPS) is 55.4. The van der Waals surface area contributed by atoms with E-state index < -0.39 is 53.5 Å². The SMILES string of the molecule is CC1(C)CC(COCC2CCC3(C)OC3C2)C2(C)OC2C1.CC1(C)CC(OC(=O)C2CC3CC2C2OC32C)C2OC2(C)C1.CC1(C)CC(OCC2CCC3(C)OC3C2)C2(C)OC2C1.CC12CCC(COC3(F)C(F)(F)C(F)(F)C(F)(F)C4(F)OC34F)CC1O2.O=C(OC1CCCC2OC12)C1CCCC2OC21. The number of fused-ring (bicyclic) bond motifs is 14. The van der Waals surface area contributed by atoms with Crippen molar-refractivity contribution < 1.29 is 120 Å². The largest absolute Gasteiger partial charge is 0.459 e. The van der Waals surface area contributed by atoms with Crippen molar-refractivity contribution in [2.24, 2.45) is 63.6 Å². The van der Waals surface area contributed by atoms with Crippen molar-refractivity contribution in [1.29, 1.82) is 0 Å². The molecule has 10 saturated heterocycles. The summed E-state index contributed by atoms with van der Waals surface area (Å²) >= 11 is 0. The van der Waals surface area contributed by atoms with Crippen LogP contribution < -0.4 is 0 Å². The van der Waals surface area contributed by atoms with Crippen LogP contribution in [0, 0.1) is 63.6 Å². The van der Waals surface area contributed by atoms with Crippen LogP contribution in [0.15, 0.2) is 0 Å². The van der Waals surface area contributed by atoms with Crippen LogP contribution >= 0.6 is 0 Å². The molecule has 17 nitrogen and oxygen atoms in total. The van der Waals surface area contributed by atoms with E-state index in [0.29, 0.717) is 89.6 Å². The van der Waals surface area contributed by atoms with Gasteiger partial charge in [0.25, 0.3) is 0 Å². The predicted molar refractivity (Wildman–Crippen MR) is 359 cm³/mol. The van der Waals surface area contributed by atoms with Crippen LogP contribution in [0.4, 0.5) is 39.5 Å². The molecular weight excluding hydrogens is 1400 g/mol. The summed E-state index contributed by atoms with van der Waals surface area (Å²) in [4.78, 5) is 24.8. The summed E-state index contributed by atoms with van der Waals surface area (Å²) in [6, 6.07) is 0. The fourth-order valence-electron chi connectivity index (χ4n) is 22.6. The molecule has 0 aromatic rings. The van der Waals surface area contributed by atoms with E-state index in [4.69, 9.17) is 61.6 Å². The van der Waals surface area contributed by atoms with Crippen LogP contribution in [-0.4, -0.2) is 198 Å². The molecule has 0 aromatic heterocycles. The molecule has 0 aromatic carbocycles. The van der Waals surface area contributed by atoms with E-state index >= 15 is 0 Å². The lowest BCUT2D eigenvalue weighted by Gasteiger charge is -2.45. The fraction of sp³-hybridized carbons (Fsp3) is 0.975. The summed E-state index contributed by atoms with van der Waals surface area (Å²) < 4.78 is 207. The second-order valence-electron chi connectivity index (χ2n) is 40.6. The third-order valence-electron chi connectivity index (χ3n) is 30.4. The number of alkyl halides is 9. The molecule has 2 bridgehead atoms. The second-order valence-corrected chi connectivity index (χ2v) is 40.6. The van der Waals surface area contributed by atoms with Crippen LogP contribution in [0.2, 0.25) is 0 Å². The van der Waals surface area contributed by atoms with Crippen molar-refractivity contribution in [3.8, 4) is 0 Å². The van der Waals surface area contributed by atoms with E-state index in [1.165, 1.54) is 57.8 Å². The average Bonchev–Trinajstić information content (AvgIpc) is 1.44. The summed E-state index contributed by atoms with van der Waals surface area (Å²) in [6.07, 6.45) is 26.8. The topological polar surface area (TPSA) is 206 Å². The first-order valence-electron chi connectivity index (χ1n) is 40.5. The highest BCUT2D eigenvalue weighted by Crippen LogP contribution is 2.78. The minimum atomic E-state index is -6.58. The Morgan fingerprint density at radius 3 is 1.58 bits per heavy atom. The first-order chi connectivity index (χ1) is 49.3. The van der Waals surface area contributed by atoms with Gasteiger partial charge in [0.1, 0.15) is 30.0 Å². The summed E-state index contributed by atoms with van der Waals surface area (Å²) in [6.45, 7) is 30.7. The molecular formula is C80H115F9O17. The van der Waals surface area contributed by atoms with Gasteiger partial charge in [-0.1, -0.05) is 41.5 Å². The highest BCUT2D eigenvalue weighted by molar-refractivity contribution is 5.75. The van der Waals surface area contributed by atoms with E-state index in [0.717, 1.165) is 90.4 Å². The van der Waals surface area contributed by atoms with Crippen molar-refractivity contribution in [3.63, 3.8) is 0 Å². The molecule has 26 heteroatoms. The smallest absolute Gasteiger partial charge is 0.384 e. The molecule has 0 amide bonds. The Bertz CT molecular complexity index is 3420. The first kappa shape index (κ1) is 76.4. The lowest BCUT2D eigenvalue weighted by Crippen LogP contribution is -2.77. The monoisotopic (exact) mass is 1520 g/mol. The van der Waals surface area contributed by atoms with Gasteiger partial charge in [-0.25, -0.2) is 0 Å². The van der Waals surface area contributed by atoms with E-state index in [1.807, 2.05) is 0 Å². The van der Waals surface area contributed by atoms with Crippen molar-refractivity contribution in [2.45, 2.75) is 398 Å². The average molecular weight is 1520 g/mol. The van der Waals surface area contributed by atoms with Crippen LogP contribution in [0.3, 0.4) is 0 Å². The van der Waals surface area contributed by atoms with Crippen molar-refractivity contribution in [2.75, 3.05) is 26.4 Å². The van der Waals surface area contributed by atoms with Gasteiger partial charge in [0.2, 0.25) is 0 Å². The Kier molecular flexibility index (Phi) is 17.8. The summed E-state index contributed by atoms with van der Waals surface area (Å²) in [5, 5.41) is 0. The molecule has 32 unspecified atom stereocenters. The number of carbonyl (C=O) groups is 2. The molecule has 600 valence electrons. The second kappa shape index (κ2) is 24.7. The Morgan fingerprint density at radius 2 is 0.972 bits per heavy atom. The Morgan fingerprint density at radius 1 is 0.425 bits per heavy atom. The zero-order valence-electron chi connectivity index (χ0n) is 64.1. The summed E-state index contributed by atoms with van der Waals surface area (Å²) in [5.74, 6) is -32.8. The lowest BCUT2D eigenvalue weighted by atomic mass is 9.68. The summed E-state index contributed by atoms with van der Waals surface area (Å²) in [5.41, 5.74) is 1.12. The number of carbonyl (C=O) groups excluding carboxylic acids is 2. The van der Waals surface area contributed by atoms with Gasteiger partial charge in [-0.05, 0) is 236 Å². The molecule has 11 saturated carbocycles. The van der Waals surface area contributed by atoms with Crippen LogP contribution in [0.25, 0.3) is 0 Å². The molecule has 106 heavy (non-hydrogen) atoms. The number of epoxide rings is 10. The highest BCUT2D eigenvalue weighted by Gasteiger charge is 3.10. The third kappa shape index (κ3) is 12.9. The molecule has 10 aliphatic heterocycles. The lowest BCUT2D eigenvalue weighted by molar-refractivity contribution is -0.446. The van der Waals surface area contributed by atoms with Gasteiger partial charge in [0, 0.05) is 18.4 Å². The molecule has 10 heterocycles. The summed E-state index contributed by atoms with van der Waals surface area (Å²) in [7, 11) is 0. The quantitative estimate of drug-likeness (QED) is 0.0900. The number of esters is 2. The molecule has 32 atom stereocenters. The maximum absolute atomic E-state index is 14.6. The third-order valence-corrected chi connectivity index (χ3v) is 30.4. The first-order valence-corrected chi connectivity index (χ1v) is 40.5. The number of ether oxygens (including phenoxy) is 15. The maximum Gasteiger partial charge on any atom is 0.384 e. The number of hydrogen-bond donors (Lipinski definition) is 0. The molecule has 0 spiro atoms. The van der Waals surface area contributed by atoms with Gasteiger partial charge in [0.05, 0.1) is 126 Å². The fourth-order valence-corrected chi connectivity index (χ4v) is 22.6. The van der Waals surface area contributed by atoms with Gasteiger partial charge >= 0.3 is 47.3 Å². The minimum absolute atomic E-state index is 0.00519. The standard InChI is InChI=1S/C18H26O4.C18H30O3.C17H28O3.C14H13F9O3.C13H18O4/c1-16(2)7-12(14-17(3,8-16)21-14)20-15(19)11-6-9-5-10(11)13-18(9,4)22-13;1-16(2)8-13(18(4)15(9-16)21-18)11-19-10-12-5-6-17(3)14(7-12)20-17;1-15(2)8-13(17(4)14(9-15)20-17)18-10-11-5-6-16(3)12(7-11)19-16;1-8-3-2-6(4-7(8)25-8)5-24-12(21)10(17,18)9(15,16)11(19,20)13(22)14(12,23)26-13;14-13(7-3-1-4-8-11(7)15-8)17-10-6-2-5-9-12(10)16-9/h9-14H,5-8H2,1-4H3;12-15H,5-11H2,1-4H3;11-14H,5-10H2,1-4H3;6-7H,2-5H2,1H3;7-12H,1-6H2. The maximum atomic E-state index is 14.6. The van der Waals surface area contributed by atoms with Crippen LogP contribution in [0.5, 0.6) is 0 Å². The molecule has 11 aliphatic carbocycles. The Balaban J connectivity index is 0.0000000980.